The summed E-state index contributed by atoms with van der Waals surface area (Å²) in [6, 6.07) is 0. The Morgan fingerprint density at radius 1 is 1.79 bits per heavy atom. The average molecular weight is 235 g/mol. The molecule has 0 spiro atoms. The van der Waals surface area contributed by atoms with Crippen molar-refractivity contribution in [3.63, 3.8) is 0 Å². The highest BCUT2D eigenvalue weighted by molar-refractivity contribution is 8.02. The second-order valence-electron chi connectivity index (χ2n) is 4.01. The van der Waals surface area contributed by atoms with Crippen molar-refractivity contribution in [3.8, 4) is 0 Å². The Hall–Kier alpha value is -0.150. The summed E-state index contributed by atoms with van der Waals surface area (Å²) in [5, 5.41) is 0. The Bertz CT molecular complexity index is 261. The number of thioether (sulfide) groups is 1. The standard InChI is InChI=1S/C10H15ClO2S/c1-10(2)5-4-7(14-3)9(10)13-8(12)6-11/h4,9H,5-6H2,1-3H3/t9-/m0/s1. The van der Waals surface area contributed by atoms with Crippen LogP contribution in [0, 0.1) is 5.41 Å². The molecule has 0 fully saturated rings. The molecule has 1 aliphatic rings. The molecule has 0 saturated heterocycles. The van der Waals surface area contributed by atoms with Gasteiger partial charge in [0.15, 0.2) is 0 Å². The molecule has 0 aromatic rings. The van der Waals surface area contributed by atoms with E-state index in [9.17, 15) is 4.79 Å². The predicted molar refractivity (Wildman–Crippen MR) is 60.6 cm³/mol. The summed E-state index contributed by atoms with van der Waals surface area (Å²) >= 11 is 7.05. The fourth-order valence-electron chi connectivity index (χ4n) is 1.53. The molecule has 0 aromatic carbocycles. The molecule has 14 heavy (non-hydrogen) atoms. The van der Waals surface area contributed by atoms with Crippen LogP contribution >= 0.6 is 23.4 Å². The third kappa shape index (κ3) is 2.45. The number of carbonyl (C=O) groups excluding carboxylic acids is 1. The molecular weight excluding hydrogens is 220 g/mol. The SMILES string of the molecule is CSC1=CCC(C)(C)[C@H]1OC(=O)CCl. The van der Waals surface area contributed by atoms with Gasteiger partial charge in [0, 0.05) is 10.3 Å². The first-order chi connectivity index (χ1) is 6.51. The zero-order valence-corrected chi connectivity index (χ0v) is 10.2. The summed E-state index contributed by atoms with van der Waals surface area (Å²) in [6.07, 6.45) is 4.96. The minimum absolute atomic E-state index is 0.0000617. The van der Waals surface area contributed by atoms with E-state index in [1.165, 1.54) is 0 Å². The van der Waals surface area contributed by atoms with Crippen molar-refractivity contribution in [2.45, 2.75) is 26.4 Å². The van der Waals surface area contributed by atoms with Gasteiger partial charge in [0.2, 0.25) is 0 Å². The van der Waals surface area contributed by atoms with Gasteiger partial charge in [-0.05, 0) is 12.7 Å². The Balaban J connectivity index is 2.71. The van der Waals surface area contributed by atoms with Gasteiger partial charge in [0.05, 0.1) is 0 Å². The van der Waals surface area contributed by atoms with E-state index in [0.29, 0.717) is 0 Å². The van der Waals surface area contributed by atoms with Gasteiger partial charge in [-0.25, -0.2) is 0 Å². The number of rotatable bonds is 3. The van der Waals surface area contributed by atoms with E-state index in [0.717, 1.165) is 11.3 Å². The second kappa shape index (κ2) is 4.58. The van der Waals surface area contributed by atoms with E-state index < -0.39 is 0 Å². The van der Waals surface area contributed by atoms with E-state index in [-0.39, 0.29) is 23.4 Å². The Morgan fingerprint density at radius 3 is 2.93 bits per heavy atom. The van der Waals surface area contributed by atoms with Crippen LogP contribution in [0.15, 0.2) is 11.0 Å². The number of ether oxygens (including phenoxy) is 1. The average Bonchev–Trinajstić information content (AvgIpc) is 2.42. The summed E-state index contributed by atoms with van der Waals surface area (Å²) in [6.45, 7) is 4.19. The third-order valence-corrected chi connectivity index (χ3v) is 3.46. The monoisotopic (exact) mass is 234 g/mol. The Morgan fingerprint density at radius 2 is 2.43 bits per heavy atom. The maximum absolute atomic E-state index is 11.1. The van der Waals surface area contributed by atoms with Crippen molar-refractivity contribution in [2.75, 3.05) is 12.1 Å². The zero-order valence-electron chi connectivity index (χ0n) is 8.67. The molecule has 0 unspecified atom stereocenters. The fourth-order valence-corrected chi connectivity index (χ4v) is 2.43. The molecule has 1 aliphatic carbocycles. The van der Waals surface area contributed by atoms with Crippen molar-refractivity contribution < 1.29 is 9.53 Å². The summed E-state index contributed by atoms with van der Waals surface area (Å²) < 4.78 is 5.32. The topological polar surface area (TPSA) is 26.3 Å². The lowest BCUT2D eigenvalue weighted by Gasteiger charge is -2.28. The highest BCUT2D eigenvalue weighted by Gasteiger charge is 2.38. The molecule has 0 saturated carbocycles. The lowest BCUT2D eigenvalue weighted by Crippen LogP contribution is -2.31. The highest BCUT2D eigenvalue weighted by Crippen LogP contribution is 2.42. The van der Waals surface area contributed by atoms with Gasteiger partial charge >= 0.3 is 5.97 Å². The van der Waals surface area contributed by atoms with Crippen LogP contribution in [-0.4, -0.2) is 24.2 Å². The van der Waals surface area contributed by atoms with Crippen molar-refractivity contribution in [2.24, 2.45) is 5.41 Å². The van der Waals surface area contributed by atoms with Crippen LogP contribution in [0.5, 0.6) is 0 Å². The van der Waals surface area contributed by atoms with Crippen LogP contribution in [-0.2, 0) is 9.53 Å². The number of allylic oxidation sites excluding steroid dienone is 1. The van der Waals surface area contributed by atoms with Crippen LogP contribution in [0.2, 0.25) is 0 Å². The molecule has 0 amide bonds. The van der Waals surface area contributed by atoms with Gasteiger partial charge in [0.25, 0.3) is 0 Å². The van der Waals surface area contributed by atoms with Crippen LogP contribution in [0.4, 0.5) is 0 Å². The van der Waals surface area contributed by atoms with Crippen LogP contribution in [0.3, 0.4) is 0 Å². The van der Waals surface area contributed by atoms with Gasteiger partial charge in [-0.3, -0.25) is 4.79 Å². The summed E-state index contributed by atoms with van der Waals surface area (Å²) in [5.74, 6) is -0.416. The first kappa shape index (κ1) is 11.9. The van der Waals surface area contributed by atoms with Gasteiger partial charge in [0.1, 0.15) is 12.0 Å². The summed E-state index contributed by atoms with van der Waals surface area (Å²) in [4.78, 5) is 12.3. The lowest BCUT2D eigenvalue weighted by atomic mass is 9.88. The van der Waals surface area contributed by atoms with Crippen LogP contribution in [0.1, 0.15) is 20.3 Å². The van der Waals surface area contributed by atoms with Crippen molar-refractivity contribution in [1.82, 2.24) is 0 Å². The van der Waals surface area contributed by atoms with E-state index in [1.54, 1.807) is 11.8 Å². The third-order valence-electron chi connectivity index (χ3n) is 2.39. The first-order valence-corrected chi connectivity index (χ1v) is 6.26. The van der Waals surface area contributed by atoms with Gasteiger partial charge < -0.3 is 4.74 Å². The molecule has 80 valence electrons. The smallest absolute Gasteiger partial charge is 0.321 e. The molecule has 2 nitrogen and oxygen atoms in total. The molecule has 1 rings (SSSR count). The number of alkyl halides is 1. The van der Waals surface area contributed by atoms with E-state index in [4.69, 9.17) is 16.3 Å². The molecule has 0 radical (unpaired) electrons. The fraction of sp³-hybridized carbons (Fsp3) is 0.700. The molecule has 4 heteroatoms. The summed E-state index contributed by atoms with van der Waals surface area (Å²) in [5.41, 5.74) is 0.0000617. The normalized spacial score (nSPS) is 24.6. The quantitative estimate of drug-likeness (QED) is 0.555. The number of halogens is 1. The lowest BCUT2D eigenvalue weighted by molar-refractivity contribution is -0.148. The maximum Gasteiger partial charge on any atom is 0.321 e. The van der Waals surface area contributed by atoms with Crippen molar-refractivity contribution >= 4 is 29.3 Å². The zero-order chi connectivity index (χ0) is 10.8. The Labute approximate surface area is 94.0 Å². The van der Waals surface area contributed by atoms with E-state index in [1.807, 2.05) is 6.26 Å². The highest BCUT2D eigenvalue weighted by atomic mass is 35.5. The minimum Gasteiger partial charge on any atom is -0.455 e. The van der Waals surface area contributed by atoms with E-state index >= 15 is 0 Å². The summed E-state index contributed by atoms with van der Waals surface area (Å²) in [7, 11) is 0. The van der Waals surface area contributed by atoms with Crippen LogP contribution in [0.25, 0.3) is 0 Å². The minimum atomic E-state index is -0.341. The molecule has 0 N–H and O–H groups in total. The maximum atomic E-state index is 11.1. The molecular formula is C10H15ClO2S. The second-order valence-corrected chi connectivity index (χ2v) is 5.15. The van der Waals surface area contributed by atoms with Gasteiger partial charge in [-0.15, -0.1) is 23.4 Å². The van der Waals surface area contributed by atoms with Gasteiger partial charge in [-0.2, -0.15) is 0 Å². The predicted octanol–water partition coefficient (Wildman–Crippen LogP) is 2.81. The molecule has 0 heterocycles. The molecule has 0 aliphatic heterocycles. The number of hydrogen-bond donors (Lipinski definition) is 0. The first-order valence-electron chi connectivity index (χ1n) is 4.50. The van der Waals surface area contributed by atoms with Crippen LogP contribution < -0.4 is 0 Å². The largest absolute Gasteiger partial charge is 0.455 e. The van der Waals surface area contributed by atoms with Gasteiger partial charge in [-0.1, -0.05) is 19.9 Å². The van der Waals surface area contributed by atoms with E-state index in [2.05, 4.69) is 19.9 Å². The molecule has 0 aromatic heterocycles. The molecule has 1 atom stereocenters. The number of carbonyl (C=O) groups is 1. The number of hydrogen-bond acceptors (Lipinski definition) is 3. The van der Waals surface area contributed by atoms with Crippen molar-refractivity contribution in [1.29, 1.82) is 0 Å². The number of esters is 1. The Kier molecular flexibility index (Phi) is 3.90. The molecule has 0 bridgehead atoms. The van der Waals surface area contributed by atoms with Crippen molar-refractivity contribution in [3.05, 3.63) is 11.0 Å².